The number of anilines is 2. The zero-order valence-electron chi connectivity index (χ0n) is 24.9. The third kappa shape index (κ3) is 5.51. The van der Waals surface area contributed by atoms with Gasteiger partial charge in [0.05, 0.1) is 31.1 Å². The Bertz CT molecular complexity index is 1530. The Balaban J connectivity index is 1.23. The summed E-state index contributed by atoms with van der Waals surface area (Å²) in [5.74, 6) is -0.0114. The van der Waals surface area contributed by atoms with Crippen molar-refractivity contribution in [2.24, 2.45) is 5.41 Å². The highest BCUT2D eigenvalue weighted by Gasteiger charge is 2.45. The second-order valence-electron chi connectivity index (χ2n) is 12.6. The van der Waals surface area contributed by atoms with Gasteiger partial charge in [-0.2, -0.15) is 9.97 Å². The summed E-state index contributed by atoms with van der Waals surface area (Å²) in [6, 6.07) is 6.51. The fourth-order valence-corrected chi connectivity index (χ4v) is 6.98. The van der Waals surface area contributed by atoms with E-state index in [1.54, 1.807) is 23.1 Å². The van der Waals surface area contributed by atoms with Crippen LogP contribution in [0, 0.1) is 11.2 Å². The Morgan fingerprint density at radius 3 is 2.67 bits per heavy atom. The molecule has 1 aliphatic carbocycles. The van der Waals surface area contributed by atoms with Gasteiger partial charge in [0.15, 0.2) is 0 Å². The molecule has 1 aromatic heterocycles. The quantitative estimate of drug-likeness (QED) is 0.390. The maximum absolute atomic E-state index is 15.0. The lowest BCUT2D eigenvalue weighted by molar-refractivity contribution is 0.0996. The van der Waals surface area contributed by atoms with Crippen LogP contribution in [0.2, 0.25) is 0 Å². The maximum atomic E-state index is 15.0. The van der Waals surface area contributed by atoms with Gasteiger partial charge in [-0.15, -0.1) is 0 Å². The van der Waals surface area contributed by atoms with E-state index in [-0.39, 0.29) is 29.4 Å². The summed E-state index contributed by atoms with van der Waals surface area (Å²) in [7, 11) is 0. The minimum absolute atomic E-state index is 0.0170. The highest BCUT2D eigenvalue weighted by Crippen LogP contribution is 2.47. The molecule has 43 heavy (non-hydrogen) atoms. The van der Waals surface area contributed by atoms with Gasteiger partial charge >= 0.3 is 6.01 Å². The molecule has 1 N–H and O–H groups in total. The second-order valence-corrected chi connectivity index (χ2v) is 12.6. The number of phenolic OH excluding ortho intramolecular Hbond substituents is 1. The minimum atomic E-state index is -0.328. The molecule has 0 bridgehead atoms. The van der Waals surface area contributed by atoms with Crippen LogP contribution in [0.25, 0.3) is 10.8 Å². The number of halogens is 1. The standard InChI is InChI=1S/C33H40FN5O4/c1-2-24-25(34)8-7-22-17-23(40)18-27(28(22)24)39-19-26-29(31(39)41)30(38-13-6-15-42-16-14-38)36-32(35-26)43-21-33(9-10-33)20-37-11-4-3-5-12-37/h7-8,17-18,40H,2-6,9-16,19-21H2,1H3. The van der Waals surface area contributed by atoms with E-state index in [4.69, 9.17) is 19.4 Å². The molecule has 4 heterocycles. The number of ether oxygens (including phenoxy) is 2. The molecule has 3 fully saturated rings. The fourth-order valence-electron chi connectivity index (χ4n) is 6.98. The smallest absolute Gasteiger partial charge is 0.318 e. The monoisotopic (exact) mass is 589 g/mol. The van der Waals surface area contributed by atoms with E-state index in [1.807, 2.05) is 6.92 Å². The Morgan fingerprint density at radius 1 is 1.05 bits per heavy atom. The Morgan fingerprint density at radius 2 is 1.88 bits per heavy atom. The predicted octanol–water partition coefficient (Wildman–Crippen LogP) is 5.07. The van der Waals surface area contributed by atoms with Gasteiger partial charge in [-0.05, 0) is 74.7 Å². The van der Waals surface area contributed by atoms with E-state index >= 15 is 0 Å². The van der Waals surface area contributed by atoms with Crippen molar-refractivity contribution < 1.29 is 23.8 Å². The van der Waals surface area contributed by atoms with Crippen LogP contribution in [0.1, 0.15) is 67.1 Å². The maximum Gasteiger partial charge on any atom is 0.318 e. The highest BCUT2D eigenvalue weighted by molar-refractivity contribution is 6.16. The van der Waals surface area contributed by atoms with Gasteiger partial charge in [0.1, 0.15) is 22.9 Å². The van der Waals surface area contributed by atoms with Crippen molar-refractivity contribution in [1.82, 2.24) is 14.9 Å². The normalized spacial score (nSPS) is 20.4. The number of rotatable bonds is 8. The third-order valence-electron chi connectivity index (χ3n) is 9.48. The molecule has 10 heteroatoms. The molecule has 2 saturated heterocycles. The number of amides is 1. The molecule has 1 saturated carbocycles. The van der Waals surface area contributed by atoms with E-state index in [0.717, 1.165) is 38.9 Å². The lowest BCUT2D eigenvalue weighted by Crippen LogP contribution is -2.37. The van der Waals surface area contributed by atoms with Crippen molar-refractivity contribution in [3.63, 3.8) is 0 Å². The van der Waals surface area contributed by atoms with E-state index in [2.05, 4.69) is 9.80 Å². The van der Waals surface area contributed by atoms with Crippen LogP contribution < -0.4 is 14.5 Å². The molecule has 9 nitrogen and oxygen atoms in total. The minimum Gasteiger partial charge on any atom is -0.508 e. The van der Waals surface area contributed by atoms with Crippen LogP contribution in [0.15, 0.2) is 24.3 Å². The van der Waals surface area contributed by atoms with Crippen LogP contribution in [0.3, 0.4) is 0 Å². The average Bonchev–Trinajstić information content (AvgIpc) is 3.76. The molecule has 7 rings (SSSR count). The summed E-state index contributed by atoms with van der Waals surface area (Å²) < 4.78 is 27.0. The molecular weight excluding hydrogens is 549 g/mol. The number of aromatic nitrogens is 2. The van der Waals surface area contributed by atoms with Crippen molar-refractivity contribution in [1.29, 1.82) is 0 Å². The first-order valence-corrected chi connectivity index (χ1v) is 15.8. The molecule has 228 valence electrons. The number of hydrogen-bond acceptors (Lipinski definition) is 8. The predicted molar refractivity (Wildman–Crippen MR) is 163 cm³/mol. The number of hydrogen-bond donors (Lipinski definition) is 1. The van der Waals surface area contributed by atoms with Crippen molar-refractivity contribution in [3.05, 3.63) is 46.9 Å². The lowest BCUT2D eigenvalue weighted by Gasteiger charge is -2.30. The Labute approximate surface area is 251 Å². The van der Waals surface area contributed by atoms with E-state index in [1.165, 1.54) is 25.3 Å². The van der Waals surface area contributed by atoms with E-state index in [9.17, 15) is 14.3 Å². The number of fused-ring (bicyclic) bond motifs is 2. The highest BCUT2D eigenvalue weighted by atomic mass is 19.1. The molecular formula is C33H40FN5O4. The summed E-state index contributed by atoms with van der Waals surface area (Å²) in [5.41, 5.74) is 2.15. The van der Waals surface area contributed by atoms with Crippen LogP contribution in [0.5, 0.6) is 11.8 Å². The van der Waals surface area contributed by atoms with Crippen LogP contribution >= 0.6 is 0 Å². The van der Waals surface area contributed by atoms with Crippen molar-refractivity contribution in [2.45, 2.75) is 58.4 Å². The first kappa shape index (κ1) is 28.3. The largest absolute Gasteiger partial charge is 0.508 e. The summed E-state index contributed by atoms with van der Waals surface area (Å²) >= 11 is 0. The molecule has 0 radical (unpaired) electrons. The molecule has 1 amide bonds. The summed E-state index contributed by atoms with van der Waals surface area (Å²) in [4.78, 5) is 30.1. The van der Waals surface area contributed by atoms with E-state index in [0.29, 0.717) is 84.4 Å². The Hall–Kier alpha value is -3.50. The first-order valence-electron chi connectivity index (χ1n) is 15.8. The number of phenols is 1. The van der Waals surface area contributed by atoms with Crippen molar-refractivity contribution in [2.75, 3.05) is 62.3 Å². The van der Waals surface area contributed by atoms with Gasteiger partial charge in [0, 0.05) is 43.1 Å². The van der Waals surface area contributed by atoms with Crippen LogP contribution in [0.4, 0.5) is 15.9 Å². The molecule has 0 unspecified atom stereocenters. The van der Waals surface area contributed by atoms with Gasteiger partial charge in [-0.25, -0.2) is 4.39 Å². The molecule has 3 aliphatic heterocycles. The molecule has 3 aromatic rings. The van der Waals surface area contributed by atoms with Crippen molar-refractivity contribution in [3.8, 4) is 11.8 Å². The number of benzene rings is 2. The number of carbonyl (C=O) groups excluding carboxylic acids is 1. The fraction of sp³-hybridized carbons (Fsp3) is 0.545. The van der Waals surface area contributed by atoms with Crippen LogP contribution in [-0.4, -0.2) is 78.4 Å². The number of piperidine rings is 1. The summed E-state index contributed by atoms with van der Waals surface area (Å²) in [6.45, 7) is 8.50. The summed E-state index contributed by atoms with van der Waals surface area (Å²) in [6.07, 6.45) is 7.39. The number of aryl methyl sites for hydroxylation is 1. The molecule has 0 spiro atoms. The first-order chi connectivity index (χ1) is 20.9. The van der Waals surface area contributed by atoms with Gasteiger partial charge in [-0.3, -0.25) is 4.79 Å². The third-order valence-corrected chi connectivity index (χ3v) is 9.48. The Kier molecular flexibility index (Phi) is 7.59. The number of nitrogens with zero attached hydrogens (tertiary/aromatic N) is 5. The van der Waals surface area contributed by atoms with Crippen molar-refractivity contribution >= 4 is 28.2 Å². The van der Waals surface area contributed by atoms with Gasteiger partial charge in [-0.1, -0.05) is 19.4 Å². The van der Waals surface area contributed by atoms with E-state index < -0.39 is 0 Å². The lowest BCUT2D eigenvalue weighted by atomic mass is 9.99. The molecule has 4 aliphatic rings. The second kappa shape index (κ2) is 11.5. The zero-order chi connectivity index (χ0) is 29.6. The van der Waals surface area contributed by atoms with Gasteiger partial charge < -0.3 is 29.3 Å². The number of likely N-dealkylation sites (tertiary alicyclic amines) is 1. The van der Waals surface area contributed by atoms with Gasteiger partial charge in [0.25, 0.3) is 5.91 Å². The number of aromatic hydroxyl groups is 1. The molecule has 0 atom stereocenters. The average molecular weight is 590 g/mol. The van der Waals surface area contributed by atoms with Crippen LogP contribution in [-0.2, 0) is 17.7 Å². The SMILES string of the molecule is CCc1c(F)ccc2cc(O)cc(N3Cc4nc(OCC5(CN6CCCCC6)CC5)nc(N5CCCOCC5)c4C3=O)c12. The number of carbonyl (C=O) groups is 1. The summed E-state index contributed by atoms with van der Waals surface area (Å²) in [5, 5.41) is 11.9. The zero-order valence-corrected chi connectivity index (χ0v) is 24.9. The topological polar surface area (TPSA) is 91.3 Å². The molecule has 2 aromatic carbocycles. The van der Waals surface area contributed by atoms with Gasteiger partial charge in [0.2, 0.25) is 0 Å².